The van der Waals surface area contributed by atoms with Gasteiger partial charge in [-0.1, -0.05) is 0 Å². The van der Waals surface area contributed by atoms with Gasteiger partial charge in [0.2, 0.25) is 12.5 Å². The van der Waals surface area contributed by atoms with Crippen molar-refractivity contribution in [3.8, 4) is 17.2 Å². The van der Waals surface area contributed by atoms with E-state index >= 15 is 0 Å². The minimum atomic E-state index is -0.353. The second kappa shape index (κ2) is 5.07. The summed E-state index contributed by atoms with van der Waals surface area (Å²) >= 11 is 0. The Morgan fingerprint density at radius 1 is 1.43 bits per heavy atom. The van der Waals surface area contributed by atoms with E-state index in [1.807, 2.05) is 6.92 Å². The van der Waals surface area contributed by atoms with Gasteiger partial charge in [0.05, 0.1) is 39.4 Å². The van der Waals surface area contributed by atoms with Crippen LogP contribution in [0, 0.1) is 0 Å². The Morgan fingerprint density at radius 2 is 2.19 bits per heavy atom. The molecule has 116 valence electrons. The second-order valence-electron chi connectivity index (χ2n) is 6.57. The molecule has 2 aliphatic heterocycles. The van der Waals surface area contributed by atoms with Gasteiger partial charge in [0.15, 0.2) is 11.5 Å². The van der Waals surface area contributed by atoms with E-state index in [4.69, 9.17) is 14.2 Å². The van der Waals surface area contributed by atoms with Crippen LogP contribution in [-0.2, 0) is 6.42 Å². The van der Waals surface area contributed by atoms with Gasteiger partial charge in [0, 0.05) is 12.8 Å². The molecule has 21 heavy (non-hydrogen) atoms. The molecule has 0 amide bonds. The molecule has 5 nitrogen and oxygen atoms in total. The highest BCUT2D eigenvalue weighted by Crippen LogP contribution is 2.51. The van der Waals surface area contributed by atoms with E-state index in [0.29, 0.717) is 12.2 Å². The molecule has 0 saturated carbocycles. The Kier molecular flexibility index (Phi) is 3.50. The predicted octanol–water partition coefficient (Wildman–Crippen LogP) is 1.87. The van der Waals surface area contributed by atoms with Crippen LogP contribution in [0.3, 0.4) is 0 Å². The average molecular weight is 294 g/mol. The van der Waals surface area contributed by atoms with Gasteiger partial charge in [-0.05, 0) is 18.6 Å². The van der Waals surface area contributed by atoms with Crippen molar-refractivity contribution in [2.24, 2.45) is 0 Å². The predicted molar refractivity (Wildman–Crippen MR) is 78.8 cm³/mol. The van der Waals surface area contributed by atoms with Crippen molar-refractivity contribution in [3.05, 3.63) is 17.2 Å². The molecule has 2 atom stereocenters. The zero-order chi connectivity index (χ0) is 15.2. The molecule has 1 aromatic carbocycles. The number of rotatable bonds is 3. The molecule has 5 heteroatoms. The van der Waals surface area contributed by atoms with Gasteiger partial charge in [-0.15, -0.1) is 0 Å². The third kappa shape index (κ3) is 2.34. The molecule has 0 saturated heterocycles. The van der Waals surface area contributed by atoms with Gasteiger partial charge in [-0.3, -0.25) is 0 Å². The summed E-state index contributed by atoms with van der Waals surface area (Å²) in [5, 5.41) is 9.91. The summed E-state index contributed by atoms with van der Waals surface area (Å²) in [5.74, 6) is 2.25. The number of aliphatic hydroxyl groups is 1. The fraction of sp³-hybridized carbons (Fsp3) is 0.625. The lowest BCUT2D eigenvalue weighted by molar-refractivity contribution is -0.924. The van der Waals surface area contributed by atoms with Crippen molar-refractivity contribution in [1.82, 2.24) is 0 Å². The Labute approximate surface area is 125 Å². The summed E-state index contributed by atoms with van der Waals surface area (Å²) in [7, 11) is 6.09. The summed E-state index contributed by atoms with van der Waals surface area (Å²) < 4.78 is 17.6. The molecule has 2 heterocycles. The molecule has 0 fully saturated rings. The summed E-state index contributed by atoms with van der Waals surface area (Å²) in [4.78, 5) is 0. The first-order valence-corrected chi connectivity index (χ1v) is 7.44. The maximum Gasteiger partial charge on any atom is 0.231 e. The van der Waals surface area contributed by atoms with Crippen LogP contribution in [0.1, 0.15) is 30.5 Å². The fourth-order valence-electron chi connectivity index (χ4n) is 3.49. The number of fused-ring (bicyclic) bond motifs is 2. The van der Waals surface area contributed by atoms with E-state index in [2.05, 4.69) is 20.2 Å². The van der Waals surface area contributed by atoms with E-state index < -0.39 is 0 Å². The average Bonchev–Trinajstić information content (AvgIpc) is 2.87. The number of nitrogens with zero attached hydrogens (tertiary/aromatic N) is 1. The summed E-state index contributed by atoms with van der Waals surface area (Å²) in [6.45, 7) is 3.12. The van der Waals surface area contributed by atoms with Crippen LogP contribution < -0.4 is 14.2 Å². The second-order valence-corrected chi connectivity index (χ2v) is 6.57. The number of ether oxygens (including phenoxy) is 3. The first-order valence-electron chi connectivity index (χ1n) is 7.44. The highest BCUT2D eigenvalue weighted by molar-refractivity contribution is 5.61. The third-order valence-corrected chi connectivity index (χ3v) is 4.65. The Bertz CT molecular complexity index is 554. The minimum Gasteiger partial charge on any atom is -0.492 e. The smallest absolute Gasteiger partial charge is 0.231 e. The van der Waals surface area contributed by atoms with Crippen LogP contribution in [0.15, 0.2) is 6.07 Å². The molecular formula is C16H24NO4+. The first-order chi connectivity index (χ1) is 9.94. The van der Waals surface area contributed by atoms with E-state index in [0.717, 1.165) is 28.9 Å². The van der Waals surface area contributed by atoms with Crippen LogP contribution in [0.5, 0.6) is 17.2 Å². The van der Waals surface area contributed by atoms with Crippen LogP contribution in [0.4, 0.5) is 0 Å². The number of aliphatic hydroxyl groups excluding tert-OH is 1. The highest BCUT2D eigenvalue weighted by Gasteiger charge is 2.41. The lowest BCUT2D eigenvalue weighted by atomic mass is 9.86. The van der Waals surface area contributed by atoms with Gasteiger partial charge in [0.1, 0.15) is 6.04 Å². The highest BCUT2D eigenvalue weighted by atomic mass is 16.7. The number of hydrogen-bond donors (Lipinski definition) is 1. The fourth-order valence-corrected chi connectivity index (χ4v) is 3.49. The molecule has 0 bridgehead atoms. The van der Waals surface area contributed by atoms with Crippen molar-refractivity contribution in [1.29, 1.82) is 0 Å². The van der Waals surface area contributed by atoms with Crippen molar-refractivity contribution in [2.75, 3.05) is 34.5 Å². The normalized spacial score (nSPS) is 23.6. The van der Waals surface area contributed by atoms with E-state index in [-0.39, 0.29) is 18.9 Å². The lowest BCUT2D eigenvalue weighted by Gasteiger charge is -2.43. The zero-order valence-corrected chi connectivity index (χ0v) is 13.2. The molecule has 0 unspecified atom stereocenters. The van der Waals surface area contributed by atoms with Gasteiger partial charge < -0.3 is 23.8 Å². The third-order valence-electron chi connectivity index (χ3n) is 4.65. The summed E-state index contributed by atoms with van der Waals surface area (Å²) in [5.41, 5.74) is 2.41. The molecular weight excluding hydrogens is 270 g/mol. The quantitative estimate of drug-likeness (QED) is 0.865. The Morgan fingerprint density at radius 3 is 2.86 bits per heavy atom. The number of hydrogen-bond acceptors (Lipinski definition) is 4. The molecule has 0 spiro atoms. The summed E-state index contributed by atoms with van der Waals surface area (Å²) in [6, 6.07) is 2.27. The minimum absolute atomic E-state index is 0.193. The van der Waals surface area contributed by atoms with Crippen LogP contribution in [-0.4, -0.2) is 50.2 Å². The van der Waals surface area contributed by atoms with Gasteiger partial charge in [0.25, 0.3) is 0 Å². The number of methoxy groups -OCH3 is 1. The van der Waals surface area contributed by atoms with Crippen molar-refractivity contribution >= 4 is 0 Å². The van der Waals surface area contributed by atoms with E-state index in [9.17, 15) is 5.11 Å². The zero-order valence-electron chi connectivity index (χ0n) is 13.2. The molecule has 0 aliphatic carbocycles. The van der Waals surface area contributed by atoms with Gasteiger partial charge in [-0.25, -0.2) is 0 Å². The SMILES string of the molecule is COc1c2c(cc3c1[C@@H](C[C@@H](C)O)[N+](C)(C)CC3)OCO2. The van der Waals surface area contributed by atoms with Gasteiger partial charge >= 0.3 is 0 Å². The largest absolute Gasteiger partial charge is 0.492 e. The Hall–Kier alpha value is -1.46. The maximum atomic E-state index is 9.91. The topological polar surface area (TPSA) is 47.9 Å². The standard InChI is InChI=1S/C16H24NO4/c1-10(18)7-12-14-11(5-6-17(12,2)3)8-13-15(16(14)19-4)21-9-20-13/h8,10,12,18H,5-7,9H2,1-4H3/q+1/t10-,12-/m1/s1. The van der Waals surface area contributed by atoms with Crippen LogP contribution >= 0.6 is 0 Å². The lowest BCUT2D eigenvalue weighted by Crippen LogP contribution is -2.48. The molecule has 1 N–H and O–H groups in total. The molecule has 0 radical (unpaired) electrons. The Balaban J connectivity index is 2.16. The van der Waals surface area contributed by atoms with E-state index in [1.165, 1.54) is 11.1 Å². The van der Waals surface area contributed by atoms with E-state index in [1.54, 1.807) is 7.11 Å². The molecule has 2 aliphatic rings. The van der Waals surface area contributed by atoms with Crippen molar-refractivity contribution in [3.63, 3.8) is 0 Å². The number of benzene rings is 1. The van der Waals surface area contributed by atoms with Crippen LogP contribution in [0.25, 0.3) is 0 Å². The van der Waals surface area contributed by atoms with Crippen LogP contribution in [0.2, 0.25) is 0 Å². The molecule has 0 aromatic heterocycles. The molecule has 1 aromatic rings. The monoisotopic (exact) mass is 294 g/mol. The summed E-state index contributed by atoms with van der Waals surface area (Å²) in [6.07, 6.45) is 1.33. The number of likely N-dealkylation sites (N-methyl/N-ethyl adjacent to an activating group) is 1. The van der Waals surface area contributed by atoms with Crippen molar-refractivity contribution in [2.45, 2.75) is 31.9 Å². The van der Waals surface area contributed by atoms with Gasteiger partial charge in [-0.2, -0.15) is 0 Å². The number of quaternary nitrogens is 1. The first kappa shape index (κ1) is 14.5. The molecule has 3 rings (SSSR count). The van der Waals surface area contributed by atoms with Crippen molar-refractivity contribution < 1.29 is 23.8 Å². The maximum absolute atomic E-state index is 9.91.